The van der Waals surface area contributed by atoms with Gasteiger partial charge in [-0.1, -0.05) is 37.3 Å². The Morgan fingerprint density at radius 2 is 2.16 bits per heavy atom. The quantitative estimate of drug-likeness (QED) is 0.870. The molecule has 1 fully saturated rings. The molecule has 19 heavy (non-hydrogen) atoms. The number of carbonyl (C=O) groups is 1. The maximum absolute atomic E-state index is 12.2. The van der Waals surface area contributed by atoms with Gasteiger partial charge in [-0.25, -0.2) is 0 Å². The van der Waals surface area contributed by atoms with Crippen LogP contribution in [0.3, 0.4) is 0 Å². The fraction of sp³-hybridized carbons (Fsp3) is 0.562. The normalized spacial score (nSPS) is 24.7. The van der Waals surface area contributed by atoms with Crippen LogP contribution in [0.4, 0.5) is 0 Å². The minimum atomic E-state index is -0.0213. The summed E-state index contributed by atoms with van der Waals surface area (Å²) in [6.45, 7) is 5.17. The number of nitrogens with one attached hydrogen (secondary N) is 2. The fourth-order valence-electron chi connectivity index (χ4n) is 2.75. The van der Waals surface area contributed by atoms with Crippen LogP contribution in [-0.2, 0) is 11.2 Å². The Labute approximate surface area is 115 Å². The van der Waals surface area contributed by atoms with E-state index in [1.54, 1.807) is 0 Å². The standard InChI is InChI=1S/C16H24N2O/c1-12-7-6-10-17-15(12)16(19)18-13(2)11-14-8-4-3-5-9-14/h3-5,8-9,12-13,15,17H,6-7,10-11H2,1-2H3,(H,18,19). The maximum Gasteiger partial charge on any atom is 0.237 e. The summed E-state index contributed by atoms with van der Waals surface area (Å²) in [5, 5.41) is 6.45. The molecule has 2 N–H and O–H groups in total. The van der Waals surface area contributed by atoms with Crippen molar-refractivity contribution in [1.82, 2.24) is 10.6 Å². The Balaban J connectivity index is 1.84. The van der Waals surface area contributed by atoms with Gasteiger partial charge in [0.15, 0.2) is 0 Å². The van der Waals surface area contributed by atoms with Gasteiger partial charge in [0.1, 0.15) is 0 Å². The van der Waals surface area contributed by atoms with E-state index in [9.17, 15) is 4.79 Å². The Bertz CT molecular complexity index is 404. The molecule has 0 saturated carbocycles. The lowest BCUT2D eigenvalue weighted by Crippen LogP contribution is -2.52. The van der Waals surface area contributed by atoms with Crippen molar-refractivity contribution >= 4 is 5.91 Å². The van der Waals surface area contributed by atoms with Gasteiger partial charge in [0.25, 0.3) is 0 Å². The summed E-state index contributed by atoms with van der Waals surface area (Å²) >= 11 is 0. The molecule has 3 heteroatoms. The molecule has 1 heterocycles. The summed E-state index contributed by atoms with van der Waals surface area (Å²) in [5.41, 5.74) is 1.26. The number of rotatable bonds is 4. The van der Waals surface area contributed by atoms with Gasteiger partial charge < -0.3 is 10.6 Å². The van der Waals surface area contributed by atoms with Gasteiger partial charge in [-0.15, -0.1) is 0 Å². The van der Waals surface area contributed by atoms with Gasteiger partial charge in [0.05, 0.1) is 6.04 Å². The maximum atomic E-state index is 12.2. The smallest absolute Gasteiger partial charge is 0.237 e. The molecule has 1 aromatic rings. The number of piperidine rings is 1. The first-order valence-electron chi connectivity index (χ1n) is 7.24. The number of hydrogen-bond acceptors (Lipinski definition) is 2. The Morgan fingerprint density at radius 1 is 1.42 bits per heavy atom. The van der Waals surface area contributed by atoms with Gasteiger partial charge in [-0.05, 0) is 44.2 Å². The van der Waals surface area contributed by atoms with Crippen molar-refractivity contribution in [2.45, 2.75) is 45.2 Å². The van der Waals surface area contributed by atoms with Crippen LogP contribution in [0.1, 0.15) is 32.3 Å². The predicted octanol–water partition coefficient (Wildman–Crippen LogP) is 2.12. The van der Waals surface area contributed by atoms with Crippen LogP contribution in [-0.4, -0.2) is 24.5 Å². The summed E-state index contributed by atoms with van der Waals surface area (Å²) in [5.74, 6) is 0.577. The molecule has 1 aromatic carbocycles. The van der Waals surface area contributed by atoms with Crippen LogP contribution in [0.5, 0.6) is 0 Å². The van der Waals surface area contributed by atoms with E-state index in [1.807, 2.05) is 18.2 Å². The van der Waals surface area contributed by atoms with E-state index in [4.69, 9.17) is 0 Å². The van der Waals surface area contributed by atoms with Gasteiger partial charge >= 0.3 is 0 Å². The minimum absolute atomic E-state index is 0.0213. The molecule has 0 bridgehead atoms. The van der Waals surface area contributed by atoms with Gasteiger partial charge in [-0.2, -0.15) is 0 Å². The van der Waals surface area contributed by atoms with Gasteiger partial charge in [-0.3, -0.25) is 4.79 Å². The second-order valence-corrected chi connectivity index (χ2v) is 5.65. The summed E-state index contributed by atoms with van der Waals surface area (Å²) in [6, 6.07) is 10.4. The zero-order chi connectivity index (χ0) is 13.7. The number of amides is 1. The Morgan fingerprint density at radius 3 is 2.84 bits per heavy atom. The van der Waals surface area contributed by atoms with Crippen molar-refractivity contribution in [3.05, 3.63) is 35.9 Å². The van der Waals surface area contributed by atoms with E-state index in [0.717, 1.165) is 19.4 Å². The van der Waals surface area contributed by atoms with Crippen LogP contribution in [0.15, 0.2) is 30.3 Å². The highest BCUT2D eigenvalue weighted by Crippen LogP contribution is 2.15. The average molecular weight is 260 g/mol. The molecule has 3 atom stereocenters. The SMILES string of the molecule is CC(Cc1ccccc1)NC(=O)C1NCCCC1C. The van der Waals surface area contributed by atoms with Crippen molar-refractivity contribution in [2.75, 3.05) is 6.54 Å². The molecule has 0 spiro atoms. The van der Waals surface area contributed by atoms with Crippen LogP contribution < -0.4 is 10.6 Å². The van der Waals surface area contributed by atoms with E-state index in [2.05, 4.69) is 36.6 Å². The van der Waals surface area contributed by atoms with Crippen LogP contribution in [0.2, 0.25) is 0 Å². The molecule has 0 radical (unpaired) electrons. The van der Waals surface area contributed by atoms with Crippen molar-refractivity contribution in [3.63, 3.8) is 0 Å². The minimum Gasteiger partial charge on any atom is -0.352 e. The zero-order valence-corrected chi connectivity index (χ0v) is 11.9. The monoisotopic (exact) mass is 260 g/mol. The average Bonchev–Trinajstić information content (AvgIpc) is 2.40. The van der Waals surface area contributed by atoms with Crippen molar-refractivity contribution in [1.29, 1.82) is 0 Å². The van der Waals surface area contributed by atoms with E-state index in [0.29, 0.717) is 5.92 Å². The van der Waals surface area contributed by atoms with Crippen molar-refractivity contribution in [2.24, 2.45) is 5.92 Å². The first-order chi connectivity index (χ1) is 9.16. The Hall–Kier alpha value is -1.35. The molecule has 3 unspecified atom stereocenters. The summed E-state index contributed by atoms with van der Waals surface area (Å²) < 4.78 is 0. The van der Waals surface area contributed by atoms with E-state index < -0.39 is 0 Å². The summed E-state index contributed by atoms with van der Waals surface area (Å²) in [6.07, 6.45) is 3.19. The Kier molecular flexibility index (Phi) is 4.97. The third kappa shape index (κ3) is 4.06. The van der Waals surface area contributed by atoms with E-state index in [-0.39, 0.29) is 18.0 Å². The molecular formula is C16H24N2O. The largest absolute Gasteiger partial charge is 0.352 e. The second kappa shape index (κ2) is 6.71. The lowest BCUT2D eigenvalue weighted by Gasteiger charge is -2.30. The second-order valence-electron chi connectivity index (χ2n) is 5.65. The molecule has 1 aliphatic rings. The van der Waals surface area contributed by atoms with Crippen LogP contribution in [0, 0.1) is 5.92 Å². The third-order valence-corrected chi connectivity index (χ3v) is 3.83. The summed E-state index contributed by atoms with van der Waals surface area (Å²) in [4.78, 5) is 12.2. The highest BCUT2D eigenvalue weighted by molar-refractivity contribution is 5.82. The highest BCUT2D eigenvalue weighted by Gasteiger charge is 2.27. The molecule has 1 amide bonds. The first kappa shape index (κ1) is 14.1. The molecule has 0 aliphatic carbocycles. The lowest BCUT2D eigenvalue weighted by molar-refractivity contribution is -0.125. The highest BCUT2D eigenvalue weighted by atomic mass is 16.2. The zero-order valence-electron chi connectivity index (χ0n) is 11.9. The van der Waals surface area contributed by atoms with Crippen molar-refractivity contribution in [3.8, 4) is 0 Å². The molecule has 0 aromatic heterocycles. The molecule has 1 aliphatic heterocycles. The molecule has 1 saturated heterocycles. The third-order valence-electron chi connectivity index (χ3n) is 3.83. The molecule has 104 valence electrons. The van der Waals surface area contributed by atoms with Gasteiger partial charge in [0, 0.05) is 6.04 Å². The number of benzene rings is 1. The molecular weight excluding hydrogens is 236 g/mol. The number of hydrogen-bond donors (Lipinski definition) is 2. The van der Waals surface area contributed by atoms with E-state index in [1.165, 1.54) is 12.0 Å². The van der Waals surface area contributed by atoms with Crippen molar-refractivity contribution < 1.29 is 4.79 Å². The topological polar surface area (TPSA) is 41.1 Å². The van der Waals surface area contributed by atoms with E-state index >= 15 is 0 Å². The fourth-order valence-corrected chi connectivity index (χ4v) is 2.75. The lowest BCUT2D eigenvalue weighted by atomic mass is 9.92. The molecule has 3 nitrogen and oxygen atoms in total. The summed E-state index contributed by atoms with van der Waals surface area (Å²) in [7, 11) is 0. The molecule has 2 rings (SSSR count). The van der Waals surface area contributed by atoms with Crippen LogP contribution in [0.25, 0.3) is 0 Å². The number of carbonyl (C=O) groups excluding carboxylic acids is 1. The first-order valence-corrected chi connectivity index (χ1v) is 7.24. The van der Waals surface area contributed by atoms with Gasteiger partial charge in [0.2, 0.25) is 5.91 Å². The predicted molar refractivity (Wildman–Crippen MR) is 77.9 cm³/mol. The van der Waals surface area contributed by atoms with Crippen LogP contribution >= 0.6 is 0 Å².